The number of anilines is 2. The Labute approximate surface area is 151 Å². The van der Waals surface area contributed by atoms with Crippen LogP contribution in [0.4, 0.5) is 11.5 Å². The van der Waals surface area contributed by atoms with E-state index in [1.165, 1.54) is 16.8 Å². The van der Waals surface area contributed by atoms with Crippen LogP contribution in [0.1, 0.15) is 17.5 Å². The molecule has 26 heavy (non-hydrogen) atoms. The summed E-state index contributed by atoms with van der Waals surface area (Å²) in [6.07, 6.45) is 3.81. The molecule has 2 aromatic carbocycles. The number of benzene rings is 2. The predicted molar refractivity (Wildman–Crippen MR) is 100 cm³/mol. The van der Waals surface area contributed by atoms with E-state index in [2.05, 4.69) is 61.6 Å². The van der Waals surface area contributed by atoms with Gasteiger partial charge in [-0.15, -0.1) is 5.10 Å². The number of hydrogen-bond acceptors (Lipinski definition) is 5. The summed E-state index contributed by atoms with van der Waals surface area (Å²) in [5.41, 5.74) is 5.24. The molecule has 0 atom stereocenters. The molecule has 0 fully saturated rings. The van der Waals surface area contributed by atoms with Crippen LogP contribution in [0.15, 0.2) is 60.9 Å². The Morgan fingerprint density at radius 3 is 2.69 bits per heavy atom. The lowest BCUT2D eigenvalue weighted by atomic mass is 10.0. The second-order valence-electron chi connectivity index (χ2n) is 6.49. The molecule has 0 unspecified atom stereocenters. The molecule has 1 aliphatic rings. The van der Waals surface area contributed by atoms with E-state index in [0.29, 0.717) is 6.54 Å². The molecule has 6 nitrogen and oxygen atoms in total. The fourth-order valence-corrected chi connectivity index (χ4v) is 3.59. The Bertz CT molecular complexity index is 1060. The zero-order chi connectivity index (χ0) is 17.3. The van der Waals surface area contributed by atoms with E-state index in [1.54, 1.807) is 6.33 Å². The van der Waals surface area contributed by atoms with Gasteiger partial charge in [-0.2, -0.15) is 0 Å². The fraction of sp³-hybridized carbons (Fsp3) is 0.200. The van der Waals surface area contributed by atoms with E-state index in [0.717, 1.165) is 36.4 Å². The van der Waals surface area contributed by atoms with E-state index < -0.39 is 0 Å². The van der Waals surface area contributed by atoms with Crippen molar-refractivity contribution in [2.24, 2.45) is 0 Å². The maximum absolute atomic E-state index is 4.55. The highest BCUT2D eigenvalue weighted by molar-refractivity contribution is 5.86. The summed E-state index contributed by atoms with van der Waals surface area (Å²) in [6.45, 7) is 1.57. The minimum Gasteiger partial charge on any atom is -0.324 e. The molecule has 5 rings (SSSR count). The second kappa shape index (κ2) is 6.22. The standard InChI is InChI=1S/C20H18N6/c1-2-7-15(8-3-1)13-26-20-18(23-24-26)19(21-14-22-20)25-12-6-10-16-9-4-5-11-17(16)25/h1-5,7-9,11,14H,6,10,12-13H2. The lowest BCUT2D eigenvalue weighted by Crippen LogP contribution is -2.25. The molecule has 1 aliphatic heterocycles. The third-order valence-electron chi connectivity index (χ3n) is 4.82. The van der Waals surface area contributed by atoms with Crippen molar-refractivity contribution in [2.45, 2.75) is 19.4 Å². The van der Waals surface area contributed by atoms with Crippen LogP contribution in [0.2, 0.25) is 0 Å². The molecule has 0 spiro atoms. The average molecular weight is 342 g/mol. The van der Waals surface area contributed by atoms with Crippen LogP contribution in [0.5, 0.6) is 0 Å². The summed E-state index contributed by atoms with van der Waals surface area (Å²) in [4.78, 5) is 11.2. The van der Waals surface area contributed by atoms with Crippen molar-refractivity contribution in [3.05, 3.63) is 72.1 Å². The number of aromatic nitrogens is 5. The minimum absolute atomic E-state index is 0.643. The van der Waals surface area contributed by atoms with E-state index in [-0.39, 0.29) is 0 Å². The van der Waals surface area contributed by atoms with Crippen molar-refractivity contribution < 1.29 is 0 Å². The van der Waals surface area contributed by atoms with Gasteiger partial charge in [0.25, 0.3) is 0 Å². The Morgan fingerprint density at radius 2 is 1.77 bits per heavy atom. The first kappa shape index (κ1) is 15.0. The van der Waals surface area contributed by atoms with Crippen LogP contribution in [0.3, 0.4) is 0 Å². The van der Waals surface area contributed by atoms with Gasteiger partial charge in [-0.1, -0.05) is 53.7 Å². The summed E-state index contributed by atoms with van der Waals surface area (Å²) in [6, 6.07) is 18.7. The van der Waals surface area contributed by atoms with E-state index in [1.807, 2.05) is 22.9 Å². The number of rotatable bonds is 3. The maximum Gasteiger partial charge on any atom is 0.184 e. The first-order valence-corrected chi connectivity index (χ1v) is 8.84. The lowest BCUT2D eigenvalue weighted by molar-refractivity contribution is 0.664. The smallest absolute Gasteiger partial charge is 0.184 e. The van der Waals surface area contributed by atoms with Crippen molar-refractivity contribution in [2.75, 3.05) is 11.4 Å². The van der Waals surface area contributed by atoms with Crippen molar-refractivity contribution in [1.82, 2.24) is 25.0 Å². The predicted octanol–water partition coefficient (Wildman–Crippen LogP) is 3.35. The minimum atomic E-state index is 0.643. The van der Waals surface area contributed by atoms with Gasteiger partial charge in [-0.05, 0) is 30.0 Å². The largest absolute Gasteiger partial charge is 0.324 e. The van der Waals surface area contributed by atoms with Crippen molar-refractivity contribution in [1.29, 1.82) is 0 Å². The maximum atomic E-state index is 4.55. The first-order chi connectivity index (χ1) is 12.9. The fourth-order valence-electron chi connectivity index (χ4n) is 3.59. The topological polar surface area (TPSA) is 59.7 Å². The monoisotopic (exact) mass is 342 g/mol. The summed E-state index contributed by atoms with van der Waals surface area (Å²) >= 11 is 0. The second-order valence-corrected chi connectivity index (χ2v) is 6.49. The van der Waals surface area contributed by atoms with Crippen LogP contribution in [-0.4, -0.2) is 31.5 Å². The number of hydrogen-bond donors (Lipinski definition) is 0. The summed E-state index contributed by atoms with van der Waals surface area (Å²) in [5, 5.41) is 8.75. The molecule has 0 radical (unpaired) electrons. The highest BCUT2D eigenvalue weighted by Crippen LogP contribution is 2.34. The molecule has 4 aromatic rings. The van der Waals surface area contributed by atoms with E-state index in [9.17, 15) is 0 Å². The van der Waals surface area contributed by atoms with E-state index >= 15 is 0 Å². The molecule has 128 valence electrons. The molecule has 0 N–H and O–H groups in total. The van der Waals surface area contributed by atoms with Gasteiger partial charge in [-0.25, -0.2) is 14.6 Å². The van der Waals surface area contributed by atoms with Crippen molar-refractivity contribution >= 4 is 22.7 Å². The van der Waals surface area contributed by atoms with Gasteiger partial charge in [0.05, 0.1) is 6.54 Å². The van der Waals surface area contributed by atoms with Gasteiger partial charge in [0, 0.05) is 12.2 Å². The summed E-state index contributed by atoms with van der Waals surface area (Å²) < 4.78 is 1.84. The van der Waals surface area contributed by atoms with Gasteiger partial charge in [0.2, 0.25) is 0 Å². The average Bonchev–Trinajstić information content (AvgIpc) is 3.11. The van der Waals surface area contributed by atoms with Gasteiger partial charge in [0.1, 0.15) is 6.33 Å². The van der Waals surface area contributed by atoms with Crippen molar-refractivity contribution in [3.63, 3.8) is 0 Å². The third-order valence-corrected chi connectivity index (χ3v) is 4.82. The van der Waals surface area contributed by atoms with Crippen LogP contribution >= 0.6 is 0 Å². The van der Waals surface area contributed by atoms with Gasteiger partial charge >= 0.3 is 0 Å². The zero-order valence-electron chi connectivity index (χ0n) is 14.3. The Balaban J connectivity index is 1.58. The lowest BCUT2D eigenvalue weighted by Gasteiger charge is -2.30. The quantitative estimate of drug-likeness (QED) is 0.571. The first-order valence-electron chi connectivity index (χ1n) is 8.84. The molecular weight excluding hydrogens is 324 g/mol. The Hall–Kier alpha value is -3.28. The number of fused-ring (bicyclic) bond motifs is 2. The molecular formula is C20H18N6. The van der Waals surface area contributed by atoms with Gasteiger partial charge in [0.15, 0.2) is 17.0 Å². The molecule has 6 heteroatoms. The molecule has 0 saturated carbocycles. The highest BCUT2D eigenvalue weighted by Gasteiger charge is 2.23. The molecule has 0 bridgehead atoms. The van der Waals surface area contributed by atoms with Crippen LogP contribution in [-0.2, 0) is 13.0 Å². The SMILES string of the molecule is c1ccc(Cn2nnc3c(N4CCCc5ccccc54)ncnc32)cc1. The van der Waals surface area contributed by atoms with Crippen LogP contribution in [0, 0.1) is 0 Å². The van der Waals surface area contributed by atoms with Gasteiger partial charge in [-0.3, -0.25) is 0 Å². The Kier molecular flexibility index (Phi) is 3.59. The zero-order valence-corrected chi connectivity index (χ0v) is 14.3. The summed E-state index contributed by atoms with van der Waals surface area (Å²) in [5.74, 6) is 0.835. The van der Waals surface area contributed by atoms with Crippen molar-refractivity contribution in [3.8, 4) is 0 Å². The molecule has 0 amide bonds. The third kappa shape index (κ3) is 2.50. The summed E-state index contributed by atoms with van der Waals surface area (Å²) in [7, 11) is 0. The Morgan fingerprint density at radius 1 is 0.923 bits per heavy atom. The van der Waals surface area contributed by atoms with E-state index in [4.69, 9.17) is 0 Å². The molecule has 0 aliphatic carbocycles. The number of aryl methyl sites for hydroxylation is 1. The molecule has 3 heterocycles. The normalized spacial score (nSPS) is 13.8. The number of nitrogens with zero attached hydrogens (tertiary/aromatic N) is 6. The highest BCUT2D eigenvalue weighted by atomic mass is 15.4. The molecule has 0 saturated heterocycles. The molecule has 2 aromatic heterocycles. The van der Waals surface area contributed by atoms with Crippen LogP contribution in [0.25, 0.3) is 11.2 Å². The number of para-hydroxylation sites is 1. The van der Waals surface area contributed by atoms with Gasteiger partial charge < -0.3 is 4.90 Å². The van der Waals surface area contributed by atoms with Crippen LogP contribution < -0.4 is 4.90 Å².